The number of aromatic nitrogens is 1. The summed E-state index contributed by atoms with van der Waals surface area (Å²) < 4.78 is 45.5. The second-order valence-corrected chi connectivity index (χ2v) is 7.03. The van der Waals surface area contributed by atoms with Crippen LogP contribution in [0.2, 0.25) is 0 Å². The van der Waals surface area contributed by atoms with Crippen LogP contribution in [0.4, 0.5) is 13.2 Å². The number of nitrogens with one attached hydrogen (secondary N) is 2. The number of halogens is 3. The summed E-state index contributed by atoms with van der Waals surface area (Å²) in [6, 6.07) is 7.04. The van der Waals surface area contributed by atoms with Gasteiger partial charge in [-0.25, -0.2) is 4.98 Å². The molecule has 0 aliphatic heterocycles. The van der Waals surface area contributed by atoms with Crippen molar-refractivity contribution in [2.24, 2.45) is 0 Å². The first-order chi connectivity index (χ1) is 13.6. The predicted octanol–water partition coefficient (Wildman–Crippen LogP) is 2.38. The number of thiazole rings is 1. The minimum Gasteiger partial charge on any atom is -0.483 e. The van der Waals surface area contributed by atoms with Crippen molar-refractivity contribution in [1.29, 1.82) is 0 Å². The molecule has 2 aromatic rings. The van der Waals surface area contributed by atoms with Crippen LogP contribution in [0.1, 0.15) is 29.6 Å². The Morgan fingerprint density at radius 2 is 1.86 bits per heavy atom. The molecule has 7 nitrogen and oxygen atoms in total. The van der Waals surface area contributed by atoms with Crippen molar-refractivity contribution in [1.82, 2.24) is 15.8 Å². The molecule has 2 amide bonds. The Kier molecular flexibility index (Phi) is 7.20. The van der Waals surface area contributed by atoms with Crippen LogP contribution in [0.5, 0.6) is 5.75 Å². The number of aryl methyl sites for hydroxylation is 2. The second-order valence-electron chi connectivity index (χ2n) is 6.18. The van der Waals surface area contributed by atoms with Crippen LogP contribution in [0, 0.1) is 6.92 Å². The van der Waals surface area contributed by atoms with Crippen molar-refractivity contribution in [2.45, 2.75) is 38.5 Å². The first kappa shape index (κ1) is 22.6. The number of hydrogen-bond donors (Lipinski definition) is 3. The highest BCUT2D eigenvalue weighted by molar-refractivity contribution is 7.09. The highest BCUT2D eigenvalue weighted by Gasteiger charge is 2.58. The summed E-state index contributed by atoms with van der Waals surface area (Å²) in [5.74, 6) is -1.52. The Balaban J connectivity index is 1.93. The highest BCUT2D eigenvalue weighted by atomic mass is 32.1. The van der Waals surface area contributed by atoms with Gasteiger partial charge in [0.1, 0.15) is 10.8 Å². The van der Waals surface area contributed by atoms with Crippen molar-refractivity contribution in [2.75, 3.05) is 6.61 Å². The number of amides is 2. The van der Waals surface area contributed by atoms with E-state index in [0.717, 1.165) is 5.56 Å². The summed E-state index contributed by atoms with van der Waals surface area (Å²) in [5.41, 5.74) is 1.51. The third kappa shape index (κ3) is 5.67. The monoisotopic (exact) mass is 431 g/mol. The molecule has 1 heterocycles. The van der Waals surface area contributed by atoms with Crippen LogP contribution in [0.3, 0.4) is 0 Å². The van der Waals surface area contributed by atoms with E-state index in [2.05, 4.69) is 4.98 Å². The number of hydrazine groups is 1. The third-order valence-corrected chi connectivity index (χ3v) is 5.02. The van der Waals surface area contributed by atoms with Gasteiger partial charge in [-0.2, -0.15) is 13.2 Å². The fourth-order valence-electron chi connectivity index (χ4n) is 2.37. The van der Waals surface area contributed by atoms with Gasteiger partial charge in [0.15, 0.2) is 6.61 Å². The van der Waals surface area contributed by atoms with E-state index < -0.39 is 41.6 Å². The summed E-state index contributed by atoms with van der Waals surface area (Å²) in [6.45, 7) is 2.93. The van der Waals surface area contributed by atoms with Gasteiger partial charge in [-0.1, -0.05) is 25.1 Å². The number of hydrogen-bond acceptors (Lipinski definition) is 6. The molecule has 0 radical (unpaired) electrons. The number of carbonyl (C=O) groups excluding carboxylic acids is 2. The molecule has 29 heavy (non-hydrogen) atoms. The van der Waals surface area contributed by atoms with Crippen molar-refractivity contribution in [3.05, 3.63) is 45.9 Å². The lowest BCUT2D eigenvalue weighted by Gasteiger charge is -2.27. The maximum absolute atomic E-state index is 13.4. The largest absolute Gasteiger partial charge is 0.483 e. The highest BCUT2D eigenvalue weighted by Crippen LogP contribution is 2.42. The Labute approximate surface area is 168 Å². The van der Waals surface area contributed by atoms with E-state index in [4.69, 9.17) is 4.74 Å². The molecular weight excluding hydrogens is 411 g/mol. The lowest BCUT2D eigenvalue weighted by Crippen LogP contribution is -2.50. The lowest BCUT2D eigenvalue weighted by atomic mass is 9.99. The molecule has 158 valence electrons. The molecule has 1 atom stereocenters. The number of rotatable bonds is 7. The number of benzene rings is 1. The fraction of sp³-hybridized carbons (Fsp3) is 0.389. The summed E-state index contributed by atoms with van der Waals surface area (Å²) >= 11 is 0.590. The first-order valence-electron chi connectivity index (χ1n) is 8.57. The van der Waals surface area contributed by atoms with Crippen LogP contribution in [-0.4, -0.2) is 34.7 Å². The quantitative estimate of drug-likeness (QED) is 0.585. The van der Waals surface area contributed by atoms with Crippen molar-refractivity contribution < 1.29 is 32.6 Å². The van der Waals surface area contributed by atoms with Gasteiger partial charge in [0.05, 0.1) is 6.42 Å². The Morgan fingerprint density at radius 1 is 1.21 bits per heavy atom. The van der Waals surface area contributed by atoms with Crippen LogP contribution in [-0.2, 0) is 21.6 Å². The van der Waals surface area contributed by atoms with Gasteiger partial charge in [-0.05, 0) is 25.0 Å². The summed E-state index contributed by atoms with van der Waals surface area (Å²) in [6.07, 6.45) is -5.81. The molecule has 1 aromatic carbocycles. The Bertz CT molecular complexity index is 872. The van der Waals surface area contributed by atoms with Crippen molar-refractivity contribution >= 4 is 23.2 Å². The maximum Gasteiger partial charge on any atom is 0.424 e. The molecule has 3 N–H and O–H groups in total. The molecular formula is C18H20F3N3O4S. The number of para-hydroxylation sites is 1. The smallest absolute Gasteiger partial charge is 0.424 e. The topological polar surface area (TPSA) is 101 Å². The van der Waals surface area contributed by atoms with E-state index in [1.165, 1.54) is 12.3 Å². The third-order valence-electron chi connectivity index (χ3n) is 3.91. The summed E-state index contributed by atoms with van der Waals surface area (Å²) in [5, 5.41) is 10.8. The van der Waals surface area contributed by atoms with E-state index in [-0.39, 0.29) is 5.69 Å². The van der Waals surface area contributed by atoms with E-state index in [0.29, 0.717) is 23.5 Å². The summed E-state index contributed by atoms with van der Waals surface area (Å²) in [4.78, 5) is 27.4. The molecule has 0 saturated heterocycles. The van der Waals surface area contributed by atoms with Crippen LogP contribution in [0.25, 0.3) is 0 Å². The van der Waals surface area contributed by atoms with E-state index in [1.54, 1.807) is 12.1 Å². The van der Waals surface area contributed by atoms with Gasteiger partial charge in [0.25, 0.3) is 5.91 Å². The number of carbonyl (C=O) groups is 2. The van der Waals surface area contributed by atoms with Gasteiger partial charge < -0.3 is 9.84 Å². The SMILES string of the molecule is CCc1ccccc1OCC(=O)NNC(=O)CC(O)(c1nc(C)cs1)C(F)(F)F. The molecule has 1 unspecified atom stereocenters. The average molecular weight is 431 g/mol. The van der Waals surface area contributed by atoms with E-state index in [1.807, 2.05) is 29.9 Å². The molecule has 0 aliphatic rings. The zero-order chi connectivity index (χ0) is 21.7. The van der Waals surface area contributed by atoms with Gasteiger partial charge in [0.2, 0.25) is 11.5 Å². The molecule has 0 saturated carbocycles. The predicted molar refractivity (Wildman–Crippen MR) is 99.0 cm³/mol. The molecule has 0 aliphatic carbocycles. The van der Waals surface area contributed by atoms with Crippen LogP contribution < -0.4 is 15.6 Å². The number of ether oxygens (including phenoxy) is 1. The normalized spacial score (nSPS) is 13.4. The first-order valence-corrected chi connectivity index (χ1v) is 9.45. The van der Waals surface area contributed by atoms with Gasteiger partial charge >= 0.3 is 6.18 Å². The summed E-state index contributed by atoms with van der Waals surface area (Å²) in [7, 11) is 0. The van der Waals surface area contributed by atoms with Crippen molar-refractivity contribution in [3.8, 4) is 5.75 Å². The van der Waals surface area contributed by atoms with Gasteiger partial charge in [0, 0.05) is 11.1 Å². The molecule has 0 spiro atoms. The number of nitrogens with zero attached hydrogens (tertiary/aromatic N) is 1. The van der Waals surface area contributed by atoms with Gasteiger partial charge in [-0.15, -0.1) is 11.3 Å². The standard InChI is InChI=1S/C18H20F3N3O4S/c1-3-12-6-4-5-7-13(12)28-9-15(26)24-23-14(25)8-17(27,18(19,20)21)16-22-11(2)10-29-16/h4-7,10,27H,3,8-9H2,1-2H3,(H,23,25)(H,24,26). The Hall–Kier alpha value is -2.66. The maximum atomic E-state index is 13.4. The number of aliphatic hydroxyl groups is 1. The molecule has 1 aromatic heterocycles. The molecule has 11 heteroatoms. The number of alkyl halides is 3. The second kappa shape index (κ2) is 9.23. The zero-order valence-corrected chi connectivity index (χ0v) is 16.5. The average Bonchev–Trinajstić information content (AvgIpc) is 3.10. The van der Waals surface area contributed by atoms with Crippen LogP contribution >= 0.6 is 11.3 Å². The van der Waals surface area contributed by atoms with Crippen LogP contribution in [0.15, 0.2) is 29.6 Å². The minimum absolute atomic E-state index is 0.283. The minimum atomic E-state index is -5.13. The fourth-order valence-corrected chi connectivity index (χ4v) is 3.29. The van der Waals surface area contributed by atoms with E-state index in [9.17, 15) is 27.9 Å². The molecule has 2 rings (SSSR count). The zero-order valence-electron chi connectivity index (χ0n) is 15.7. The van der Waals surface area contributed by atoms with Crippen molar-refractivity contribution in [3.63, 3.8) is 0 Å². The van der Waals surface area contributed by atoms with Gasteiger partial charge in [-0.3, -0.25) is 20.4 Å². The Morgan fingerprint density at radius 3 is 2.45 bits per heavy atom. The molecule has 0 fully saturated rings. The van der Waals surface area contributed by atoms with E-state index >= 15 is 0 Å². The molecule has 0 bridgehead atoms. The lowest BCUT2D eigenvalue weighted by molar-refractivity contribution is -0.267.